The molecule has 182 valence electrons. The SMILES string of the molecule is CC(C)(C)OC(=O)N1CCN(C(=O)OCc2ccccc2)CN1c1c(F)cc([N+](=O)[O-])cc1F. The highest BCUT2D eigenvalue weighted by Gasteiger charge is 2.37. The van der Waals surface area contributed by atoms with Gasteiger partial charge in [0.1, 0.15) is 24.6 Å². The fraction of sp³-hybridized carbons (Fsp3) is 0.364. The van der Waals surface area contributed by atoms with Crippen LogP contribution in [0.5, 0.6) is 0 Å². The van der Waals surface area contributed by atoms with E-state index in [9.17, 15) is 28.5 Å². The van der Waals surface area contributed by atoms with Crippen LogP contribution >= 0.6 is 0 Å². The van der Waals surface area contributed by atoms with Crippen LogP contribution in [0.1, 0.15) is 26.3 Å². The number of benzene rings is 2. The van der Waals surface area contributed by atoms with Gasteiger partial charge in [-0.15, -0.1) is 0 Å². The normalized spacial score (nSPS) is 14.1. The number of hydrazine groups is 1. The molecule has 1 saturated heterocycles. The number of carbonyl (C=O) groups is 2. The Labute approximate surface area is 194 Å². The Balaban J connectivity index is 1.87. The highest BCUT2D eigenvalue weighted by molar-refractivity contribution is 5.74. The van der Waals surface area contributed by atoms with E-state index < -0.39 is 52.4 Å². The van der Waals surface area contributed by atoms with Crippen LogP contribution in [0.2, 0.25) is 0 Å². The first-order valence-electron chi connectivity index (χ1n) is 10.3. The van der Waals surface area contributed by atoms with Gasteiger partial charge in [-0.2, -0.15) is 0 Å². The third kappa shape index (κ3) is 5.88. The quantitative estimate of drug-likeness (QED) is 0.472. The summed E-state index contributed by atoms with van der Waals surface area (Å²) in [4.78, 5) is 36.6. The minimum absolute atomic E-state index is 0.000411. The summed E-state index contributed by atoms with van der Waals surface area (Å²) in [6.45, 7) is 4.23. The highest BCUT2D eigenvalue weighted by Crippen LogP contribution is 2.31. The number of ether oxygens (including phenoxy) is 2. The predicted octanol–water partition coefficient (Wildman–Crippen LogP) is 4.44. The van der Waals surface area contributed by atoms with Crippen molar-refractivity contribution in [2.75, 3.05) is 24.8 Å². The molecule has 0 saturated carbocycles. The molecule has 1 aliphatic heterocycles. The number of anilines is 1. The van der Waals surface area contributed by atoms with Crippen LogP contribution in [0.25, 0.3) is 0 Å². The van der Waals surface area contributed by atoms with Gasteiger partial charge < -0.3 is 9.47 Å². The van der Waals surface area contributed by atoms with E-state index in [0.29, 0.717) is 12.1 Å². The van der Waals surface area contributed by atoms with Gasteiger partial charge in [0.2, 0.25) is 0 Å². The van der Waals surface area contributed by atoms with Crippen molar-refractivity contribution in [2.45, 2.75) is 33.0 Å². The van der Waals surface area contributed by atoms with Gasteiger partial charge in [0.25, 0.3) is 5.69 Å². The number of amides is 2. The summed E-state index contributed by atoms with van der Waals surface area (Å²) in [6, 6.07) is 9.99. The zero-order valence-corrected chi connectivity index (χ0v) is 18.9. The lowest BCUT2D eigenvalue weighted by atomic mass is 10.2. The molecule has 2 amide bonds. The molecule has 0 N–H and O–H groups in total. The number of nitro benzene ring substituents is 1. The molecule has 0 aromatic heterocycles. The van der Waals surface area contributed by atoms with Gasteiger partial charge in [-0.05, 0) is 26.3 Å². The second-order valence-electron chi connectivity index (χ2n) is 8.46. The first kappa shape index (κ1) is 24.7. The fourth-order valence-corrected chi connectivity index (χ4v) is 3.20. The smallest absolute Gasteiger partial charge is 0.429 e. The lowest BCUT2D eigenvalue weighted by Gasteiger charge is -2.44. The average molecular weight is 478 g/mol. The Bertz CT molecular complexity index is 1050. The largest absolute Gasteiger partial charge is 0.445 e. The predicted molar refractivity (Wildman–Crippen MR) is 117 cm³/mol. The topological polar surface area (TPSA) is 105 Å². The van der Waals surface area contributed by atoms with Crippen molar-refractivity contribution < 1.29 is 32.8 Å². The van der Waals surface area contributed by atoms with Gasteiger partial charge >= 0.3 is 12.2 Å². The van der Waals surface area contributed by atoms with Crippen molar-refractivity contribution in [1.29, 1.82) is 0 Å². The summed E-state index contributed by atoms with van der Waals surface area (Å²) in [5.74, 6) is -2.56. The molecule has 1 heterocycles. The summed E-state index contributed by atoms with van der Waals surface area (Å²) in [7, 11) is 0. The van der Waals surface area contributed by atoms with E-state index in [1.54, 1.807) is 45.0 Å². The molecule has 0 aliphatic carbocycles. The van der Waals surface area contributed by atoms with Gasteiger partial charge in [-0.1, -0.05) is 30.3 Å². The first-order chi connectivity index (χ1) is 16.0. The van der Waals surface area contributed by atoms with Crippen molar-refractivity contribution in [3.05, 3.63) is 69.8 Å². The number of hydrogen-bond acceptors (Lipinski definition) is 7. The number of hydrogen-bond donors (Lipinski definition) is 0. The number of halogens is 2. The minimum Gasteiger partial charge on any atom is -0.445 e. The number of rotatable bonds is 4. The zero-order chi connectivity index (χ0) is 25.0. The molecule has 2 aromatic carbocycles. The number of nitro groups is 1. The third-order valence-corrected chi connectivity index (χ3v) is 4.72. The molecule has 0 spiro atoms. The van der Waals surface area contributed by atoms with Crippen LogP contribution in [0.3, 0.4) is 0 Å². The molecule has 3 rings (SSSR count). The van der Waals surface area contributed by atoms with Gasteiger partial charge in [-0.25, -0.2) is 23.4 Å². The first-order valence-corrected chi connectivity index (χ1v) is 10.3. The van der Waals surface area contributed by atoms with Gasteiger partial charge in [0, 0.05) is 6.54 Å². The standard InChI is InChI=1S/C22H24F2N4O6/c1-22(2,3)34-21(30)26-10-9-25(20(29)33-13-15-7-5-4-6-8-15)14-27(26)19-17(23)11-16(28(31)32)12-18(19)24/h4-8,11-12H,9-10,13-14H2,1-3H3. The molecular weight excluding hydrogens is 454 g/mol. The van der Waals surface area contributed by atoms with E-state index in [2.05, 4.69) is 0 Å². The summed E-state index contributed by atoms with van der Waals surface area (Å²) in [6.07, 6.45) is -1.66. The molecule has 12 heteroatoms. The van der Waals surface area contributed by atoms with Crippen molar-refractivity contribution in [1.82, 2.24) is 9.91 Å². The molecule has 0 atom stereocenters. The van der Waals surface area contributed by atoms with E-state index in [4.69, 9.17) is 9.47 Å². The summed E-state index contributed by atoms with van der Waals surface area (Å²) in [5, 5.41) is 12.8. The van der Waals surface area contributed by atoms with Gasteiger partial charge in [0.15, 0.2) is 11.6 Å². The molecule has 34 heavy (non-hydrogen) atoms. The summed E-state index contributed by atoms with van der Waals surface area (Å²) >= 11 is 0. The van der Waals surface area contributed by atoms with Crippen LogP contribution in [-0.4, -0.2) is 52.4 Å². The second kappa shape index (κ2) is 9.89. The van der Waals surface area contributed by atoms with Crippen LogP contribution in [-0.2, 0) is 16.1 Å². The van der Waals surface area contributed by atoms with Crippen molar-refractivity contribution in [3.8, 4) is 0 Å². The highest BCUT2D eigenvalue weighted by atomic mass is 19.1. The number of non-ortho nitro benzene ring substituents is 1. The Morgan fingerprint density at radius 1 is 1.06 bits per heavy atom. The van der Waals surface area contributed by atoms with E-state index >= 15 is 0 Å². The maximum Gasteiger partial charge on any atom is 0.429 e. The molecule has 1 aliphatic rings. The molecule has 1 fully saturated rings. The van der Waals surface area contributed by atoms with Crippen molar-refractivity contribution >= 4 is 23.6 Å². The Hall–Kier alpha value is -3.96. The Morgan fingerprint density at radius 2 is 1.68 bits per heavy atom. The molecule has 10 nitrogen and oxygen atoms in total. The summed E-state index contributed by atoms with van der Waals surface area (Å²) < 4.78 is 40.3. The monoisotopic (exact) mass is 478 g/mol. The van der Waals surface area contributed by atoms with Gasteiger partial charge in [-0.3, -0.25) is 20.0 Å². The Morgan fingerprint density at radius 3 is 2.24 bits per heavy atom. The molecule has 2 aromatic rings. The maximum atomic E-state index is 14.8. The van der Waals surface area contributed by atoms with Crippen LogP contribution in [0, 0.1) is 21.7 Å². The Kier molecular flexibility index (Phi) is 7.18. The molecule has 0 unspecified atom stereocenters. The lowest BCUT2D eigenvalue weighted by Crippen LogP contribution is -2.61. The molecular formula is C22H24F2N4O6. The molecule has 0 bridgehead atoms. The van der Waals surface area contributed by atoms with Crippen LogP contribution in [0.15, 0.2) is 42.5 Å². The second-order valence-corrected chi connectivity index (χ2v) is 8.46. The van der Waals surface area contributed by atoms with Gasteiger partial charge in [0.05, 0.1) is 23.6 Å². The van der Waals surface area contributed by atoms with E-state index in [-0.39, 0.29) is 19.7 Å². The number of nitrogens with zero attached hydrogens (tertiary/aromatic N) is 4. The third-order valence-electron chi connectivity index (χ3n) is 4.72. The maximum absolute atomic E-state index is 14.8. The van der Waals surface area contributed by atoms with E-state index in [1.165, 1.54) is 0 Å². The van der Waals surface area contributed by atoms with Crippen molar-refractivity contribution in [3.63, 3.8) is 0 Å². The van der Waals surface area contributed by atoms with E-state index in [1.807, 2.05) is 6.07 Å². The van der Waals surface area contributed by atoms with Crippen LogP contribution in [0.4, 0.5) is 29.7 Å². The number of carbonyl (C=O) groups excluding carboxylic acids is 2. The zero-order valence-electron chi connectivity index (χ0n) is 18.9. The average Bonchev–Trinajstić information content (AvgIpc) is 2.76. The van der Waals surface area contributed by atoms with Crippen molar-refractivity contribution in [2.24, 2.45) is 0 Å². The van der Waals surface area contributed by atoms with Crippen LogP contribution < -0.4 is 5.01 Å². The fourth-order valence-electron chi connectivity index (χ4n) is 3.20. The van der Waals surface area contributed by atoms with E-state index in [0.717, 1.165) is 20.5 Å². The molecule has 0 radical (unpaired) electrons. The minimum atomic E-state index is -1.28. The lowest BCUT2D eigenvalue weighted by molar-refractivity contribution is -0.385. The summed E-state index contributed by atoms with van der Waals surface area (Å²) in [5.41, 5.74) is -1.69.